The fourth-order valence-corrected chi connectivity index (χ4v) is 1.84. The highest BCUT2D eigenvalue weighted by atomic mass is 19.4. The molecule has 0 radical (unpaired) electrons. The normalized spacial score (nSPS) is 15.7. The van der Waals surface area contributed by atoms with Crippen LogP contribution in [0.4, 0.5) is 13.2 Å². The van der Waals surface area contributed by atoms with E-state index in [4.69, 9.17) is 10.9 Å². The first kappa shape index (κ1) is 17.3. The van der Waals surface area contributed by atoms with Gasteiger partial charge in [0.25, 0.3) is 0 Å². The predicted molar refractivity (Wildman–Crippen MR) is 72.0 cm³/mol. The number of aliphatic hydroxyl groups is 1. The molecule has 0 aliphatic heterocycles. The molecule has 21 heavy (non-hydrogen) atoms. The Kier molecular flexibility index (Phi) is 6.44. The van der Waals surface area contributed by atoms with E-state index in [0.717, 1.165) is 5.56 Å². The third kappa shape index (κ3) is 5.60. The van der Waals surface area contributed by atoms with Crippen molar-refractivity contribution in [2.24, 2.45) is 16.8 Å². The molecule has 0 saturated carbocycles. The lowest BCUT2D eigenvalue weighted by Gasteiger charge is -2.23. The zero-order valence-corrected chi connectivity index (χ0v) is 11.2. The van der Waals surface area contributed by atoms with Crippen molar-refractivity contribution < 1.29 is 23.5 Å². The van der Waals surface area contributed by atoms with Crippen LogP contribution in [0.15, 0.2) is 35.5 Å². The van der Waals surface area contributed by atoms with Crippen LogP contribution in [0.2, 0.25) is 0 Å². The molecule has 118 valence electrons. The summed E-state index contributed by atoms with van der Waals surface area (Å²) in [6.45, 7) is -0.896. The highest BCUT2D eigenvalue weighted by Crippen LogP contribution is 2.26. The third-order valence-electron chi connectivity index (χ3n) is 3.02. The third-order valence-corrected chi connectivity index (χ3v) is 3.02. The van der Waals surface area contributed by atoms with E-state index in [1.54, 1.807) is 12.1 Å². The lowest BCUT2D eigenvalue weighted by Crippen LogP contribution is -2.46. The number of nitrogens with one attached hydrogen (secondary N) is 1. The summed E-state index contributed by atoms with van der Waals surface area (Å²) in [6.07, 6.45) is -4.26. The SMILES string of the molecule is N/C(=N/O)C(CNC(CO)Cc1ccccc1)C(F)(F)F. The number of nitrogens with two attached hydrogens (primary N) is 1. The van der Waals surface area contributed by atoms with Gasteiger partial charge in [-0.25, -0.2) is 0 Å². The van der Waals surface area contributed by atoms with E-state index in [9.17, 15) is 18.3 Å². The van der Waals surface area contributed by atoms with Gasteiger partial charge in [-0.2, -0.15) is 13.2 Å². The molecule has 0 aromatic heterocycles. The molecule has 1 aromatic rings. The zero-order valence-electron chi connectivity index (χ0n) is 11.2. The van der Waals surface area contributed by atoms with E-state index in [1.807, 2.05) is 18.2 Å². The number of oxime groups is 1. The number of hydrogen-bond donors (Lipinski definition) is 4. The van der Waals surface area contributed by atoms with Crippen LogP contribution >= 0.6 is 0 Å². The number of hydrogen-bond acceptors (Lipinski definition) is 4. The fourth-order valence-electron chi connectivity index (χ4n) is 1.84. The maximum Gasteiger partial charge on any atom is 0.400 e. The average Bonchev–Trinajstić information content (AvgIpc) is 2.45. The van der Waals surface area contributed by atoms with Crippen LogP contribution in [-0.4, -0.2) is 41.5 Å². The van der Waals surface area contributed by atoms with Crippen LogP contribution in [0.3, 0.4) is 0 Å². The molecule has 0 bridgehead atoms. The Hall–Kier alpha value is -1.80. The second-order valence-electron chi connectivity index (χ2n) is 4.60. The maximum absolute atomic E-state index is 12.8. The summed E-state index contributed by atoms with van der Waals surface area (Å²) in [5.41, 5.74) is 5.95. The van der Waals surface area contributed by atoms with E-state index >= 15 is 0 Å². The average molecular weight is 305 g/mol. The molecule has 0 aliphatic carbocycles. The van der Waals surface area contributed by atoms with Crippen LogP contribution in [0, 0.1) is 5.92 Å². The summed E-state index contributed by atoms with van der Waals surface area (Å²) in [5.74, 6) is -3.02. The maximum atomic E-state index is 12.8. The first-order valence-electron chi connectivity index (χ1n) is 6.30. The van der Waals surface area contributed by atoms with Crippen molar-refractivity contribution in [2.75, 3.05) is 13.2 Å². The lowest BCUT2D eigenvalue weighted by atomic mass is 10.0. The molecule has 0 fully saturated rings. The van der Waals surface area contributed by atoms with Gasteiger partial charge in [0.05, 0.1) is 6.61 Å². The Morgan fingerprint density at radius 3 is 2.38 bits per heavy atom. The molecule has 1 rings (SSSR count). The topological polar surface area (TPSA) is 90.9 Å². The van der Waals surface area contributed by atoms with Crippen LogP contribution in [0.1, 0.15) is 5.56 Å². The van der Waals surface area contributed by atoms with Crippen LogP contribution in [0.25, 0.3) is 0 Å². The summed E-state index contributed by atoms with van der Waals surface area (Å²) in [7, 11) is 0. The number of halogens is 3. The van der Waals surface area contributed by atoms with E-state index in [-0.39, 0.29) is 6.61 Å². The molecule has 8 heteroatoms. The smallest absolute Gasteiger partial charge is 0.400 e. The van der Waals surface area contributed by atoms with Gasteiger partial charge in [-0.1, -0.05) is 35.5 Å². The van der Waals surface area contributed by atoms with Crippen molar-refractivity contribution in [1.29, 1.82) is 0 Å². The predicted octanol–water partition coefficient (Wildman–Crippen LogP) is 1.10. The second kappa shape index (κ2) is 7.84. The van der Waals surface area contributed by atoms with Crippen molar-refractivity contribution in [2.45, 2.75) is 18.6 Å². The molecule has 0 aliphatic rings. The van der Waals surface area contributed by atoms with Crippen molar-refractivity contribution in [3.63, 3.8) is 0 Å². The number of aliphatic hydroxyl groups excluding tert-OH is 1. The molecular formula is C13H18F3N3O2. The molecule has 2 unspecified atom stereocenters. The number of amidine groups is 1. The van der Waals surface area contributed by atoms with Gasteiger partial charge in [-0.05, 0) is 12.0 Å². The molecular weight excluding hydrogens is 287 g/mol. The van der Waals surface area contributed by atoms with E-state index in [1.165, 1.54) is 0 Å². The second-order valence-corrected chi connectivity index (χ2v) is 4.60. The molecule has 0 heterocycles. The Labute approximate surface area is 120 Å². The Morgan fingerprint density at radius 1 is 1.29 bits per heavy atom. The van der Waals surface area contributed by atoms with E-state index < -0.39 is 30.5 Å². The molecule has 5 N–H and O–H groups in total. The summed E-state index contributed by atoms with van der Waals surface area (Å²) >= 11 is 0. The molecule has 0 saturated heterocycles. The van der Waals surface area contributed by atoms with E-state index in [2.05, 4.69) is 10.5 Å². The van der Waals surface area contributed by atoms with Gasteiger partial charge in [0.1, 0.15) is 5.92 Å². The minimum atomic E-state index is -4.63. The van der Waals surface area contributed by atoms with Crippen molar-refractivity contribution in [1.82, 2.24) is 5.32 Å². The van der Waals surface area contributed by atoms with Crippen molar-refractivity contribution in [3.05, 3.63) is 35.9 Å². The van der Waals surface area contributed by atoms with Gasteiger partial charge in [0.2, 0.25) is 0 Å². The van der Waals surface area contributed by atoms with Gasteiger partial charge in [-0.15, -0.1) is 0 Å². The highest BCUT2D eigenvalue weighted by Gasteiger charge is 2.42. The standard InChI is InChI=1S/C13H18F3N3O2/c14-13(15,16)11(12(17)19-21)7-18-10(8-20)6-9-4-2-1-3-5-9/h1-5,10-11,18,20-21H,6-8H2,(H2,17,19). The number of benzene rings is 1. The first-order valence-corrected chi connectivity index (χ1v) is 6.30. The lowest BCUT2D eigenvalue weighted by molar-refractivity contribution is -0.155. The minimum Gasteiger partial charge on any atom is -0.409 e. The quantitative estimate of drug-likeness (QED) is 0.263. The van der Waals surface area contributed by atoms with Crippen molar-refractivity contribution in [3.8, 4) is 0 Å². The van der Waals surface area contributed by atoms with Gasteiger partial charge in [0, 0.05) is 12.6 Å². The summed E-state index contributed by atoms with van der Waals surface area (Å²) < 4.78 is 38.3. The van der Waals surface area contributed by atoms with Crippen LogP contribution < -0.4 is 11.1 Å². The fraction of sp³-hybridized carbons (Fsp3) is 0.462. The summed E-state index contributed by atoms with van der Waals surface area (Å²) in [4.78, 5) is 0. The van der Waals surface area contributed by atoms with Gasteiger partial charge < -0.3 is 21.4 Å². The van der Waals surface area contributed by atoms with Gasteiger partial charge in [0.15, 0.2) is 5.84 Å². The first-order chi connectivity index (χ1) is 9.88. The van der Waals surface area contributed by atoms with Crippen LogP contribution in [0.5, 0.6) is 0 Å². The Balaban J connectivity index is 2.64. The summed E-state index contributed by atoms with van der Waals surface area (Å²) in [5, 5.41) is 22.7. The molecule has 1 aromatic carbocycles. The summed E-state index contributed by atoms with van der Waals surface area (Å²) in [6, 6.07) is 8.51. The van der Waals surface area contributed by atoms with Gasteiger partial charge in [-0.3, -0.25) is 0 Å². The van der Waals surface area contributed by atoms with E-state index in [0.29, 0.717) is 6.42 Å². The Bertz CT molecular complexity index is 452. The number of nitrogens with zero attached hydrogens (tertiary/aromatic N) is 1. The molecule has 0 amide bonds. The Morgan fingerprint density at radius 2 is 1.90 bits per heavy atom. The van der Waals surface area contributed by atoms with Crippen LogP contribution in [-0.2, 0) is 6.42 Å². The molecule has 2 atom stereocenters. The molecule has 5 nitrogen and oxygen atoms in total. The monoisotopic (exact) mass is 305 g/mol. The van der Waals surface area contributed by atoms with Gasteiger partial charge >= 0.3 is 6.18 Å². The number of alkyl halides is 3. The highest BCUT2D eigenvalue weighted by molar-refractivity contribution is 5.83. The number of rotatable bonds is 7. The zero-order chi connectivity index (χ0) is 15.9. The molecule has 0 spiro atoms. The van der Waals surface area contributed by atoms with Crippen molar-refractivity contribution >= 4 is 5.84 Å². The minimum absolute atomic E-state index is 0.324. The largest absolute Gasteiger partial charge is 0.409 e.